The van der Waals surface area contributed by atoms with E-state index in [2.05, 4.69) is 29.0 Å². The number of ether oxygens (including phenoxy) is 1. The predicted molar refractivity (Wildman–Crippen MR) is 116 cm³/mol. The van der Waals surface area contributed by atoms with E-state index in [4.69, 9.17) is 4.74 Å². The molecule has 30 heavy (non-hydrogen) atoms. The molecule has 2 aromatic carbocycles. The number of amides is 1. The molecule has 1 aliphatic rings. The Kier molecular flexibility index (Phi) is 6.04. The van der Waals surface area contributed by atoms with Gasteiger partial charge in [-0.25, -0.2) is 4.39 Å². The number of carbonyl (C=O) groups excluding carboxylic acids is 1. The summed E-state index contributed by atoms with van der Waals surface area (Å²) in [6.07, 6.45) is 2.26. The number of likely N-dealkylation sites (tertiary alicyclic amines) is 1. The average Bonchev–Trinajstić information content (AvgIpc) is 3.17. The van der Waals surface area contributed by atoms with Crippen LogP contribution >= 0.6 is 0 Å². The van der Waals surface area contributed by atoms with Gasteiger partial charge < -0.3 is 19.9 Å². The Balaban J connectivity index is 1.39. The number of fused-ring (bicyclic) bond motifs is 1. The van der Waals surface area contributed by atoms with Gasteiger partial charge in [0.2, 0.25) is 0 Å². The standard InChI is InChI=1S/C24H28FN3O2/c1-16(2)28-11-9-19(10-12-28)30-20-7-8-22-18(13-20)14-23(27-22)24(29)26-15-17-5-3-4-6-21(17)25/h3-8,13-14,16,19,27H,9-12,15H2,1-2H3,(H,26,29). The predicted octanol–water partition coefficient (Wildman–Crippen LogP) is 4.49. The lowest BCUT2D eigenvalue weighted by Gasteiger charge is -2.34. The molecular weight excluding hydrogens is 381 g/mol. The van der Waals surface area contributed by atoms with Crippen LogP contribution in [0.15, 0.2) is 48.5 Å². The average molecular weight is 410 g/mol. The van der Waals surface area contributed by atoms with Crippen molar-refractivity contribution in [3.8, 4) is 5.75 Å². The summed E-state index contributed by atoms with van der Waals surface area (Å²) in [5.41, 5.74) is 1.78. The number of hydrogen-bond donors (Lipinski definition) is 2. The molecular formula is C24H28FN3O2. The summed E-state index contributed by atoms with van der Waals surface area (Å²) < 4.78 is 19.9. The molecule has 3 aromatic rings. The second-order valence-electron chi connectivity index (χ2n) is 8.15. The zero-order valence-corrected chi connectivity index (χ0v) is 17.5. The Morgan fingerprint density at radius 1 is 1.20 bits per heavy atom. The lowest BCUT2D eigenvalue weighted by molar-refractivity contribution is 0.0844. The molecule has 0 spiro atoms. The van der Waals surface area contributed by atoms with Crippen molar-refractivity contribution < 1.29 is 13.9 Å². The first-order chi connectivity index (χ1) is 14.5. The van der Waals surface area contributed by atoms with Gasteiger partial charge in [-0.2, -0.15) is 0 Å². The molecule has 6 heteroatoms. The third-order valence-corrected chi connectivity index (χ3v) is 5.74. The lowest BCUT2D eigenvalue weighted by atomic mass is 10.1. The van der Waals surface area contributed by atoms with E-state index in [0.717, 1.165) is 42.6 Å². The summed E-state index contributed by atoms with van der Waals surface area (Å²) in [5.74, 6) is 0.233. The lowest BCUT2D eigenvalue weighted by Crippen LogP contribution is -2.41. The maximum absolute atomic E-state index is 13.7. The SMILES string of the molecule is CC(C)N1CCC(Oc2ccc3[nH]c(C(=O)NCc4ccccc4F)cc3c2)CC1. The maximum Gasteiger partial charge on any atom is 0.267 e. The highest BCUT2D eigenvalue weighted by molar-refractivity contribution is 5.98. The number of piperidine rings is 1. The van der Waals surface area contributed by atoms with Crippen molar-refractivity contribution in [1.29, 1.82) is 0 Å². The fraction of sp³-hybridized carbons (Fsp3) is 0.375. The molecule has 2 heterocycles. The largest absolute Gasteiger partial charge is 0.490 e. The molecule has 0 bridgehead atoms. The number of halogens is 1. The van der Waals surface area contributed by atoms with E-state index in [1.54, 1.807) is 24.3 Å². The number of nitrogens with zero attached hydrogens (tertiary/aromatic N) is 1. The van der Waals surface area contributed by atoms with Gasteiger partial charge in [-0.3, -0.25) is 4.79 Å². The van der Waals surface area contributed by atoms with E-state index in [1.807, 2.05) is 18.2 Å². The highest BCUT2D eigenvalue weighted by Crippen LogP contribution is 2.25. The normalized spacial score (nSPS) is 15.6. The van der Waals surface area contributed by atoms with Gasteiger partial charge in [0.1, 0.15) is 23.4 Å². The molecule has 1 aromatic heterocycles. The van der Waals surface area contributed by atoms with Crippen LogP contribution in [0.5, 0.6) is 5.75 Å². The molecule has 5 nitrogen and oxygen atoms in total. The minimum absolute atomic E-state index is 0.143. The summed E-state index contributed by atoms with van der Waals surface area (Å²) >= 11 is 0. The third kappa shape index (κ3) is 4.65. The summed E-state index contributed by atoms with van der Waals surface area (Å²) in [7, 11) is 0. The number of hydrogen-bond acceptors (Lipinski definition) is 3. The summed E-state index contributed by atoms with van der Waals surface area (Å²) in [4.78, 5) is 18.1. The zero-order valence-electron chi connectivity index (χ0n) is 17.5. The van der Waals surface area contributed by atoms with Crippen molar-refractivity contribution in [2.45, 2.75) is 45.4 Å². The fourth-order valence-corrected chi connectivity index (χ4v) is 3.92. The summed E-state index contributed by atoms with van der Waals surface area (Å²) in [6, 6.07) is 14.7. The first-order valence-corrected chi connectivity index (χ1v) is 10.5. The van der Waals surface area contributed by atoms with Crippen molar-refractivity contribution in [2.75, 3.05) is 13.1 Å². The third-order valence-electron chi connectivity index (χ3n) is 5.74. The van der Waals surface area contributed by atoms with Gasteiger partial charge in [0.25, 0.3) is 5.91 Å². The minimum Gasteiger partial charge on any atom is -0.490 e. The number of aromatic amines is 1. The van der Waals surface area contributed by atoms with E-state index < -0.39 is 0 Å². The molecule has 1 amide bonds. The van der Waals surface area contributed by atoms with Crippen LogP contribution < -0.4 is 10.1 Å². The van der Waals surface area contributed by atoms with Crippen molar-refractivity contribution in [3.05, 3.63) is 65.6 Å². The molecule has 0 aliphatic carbocycles. The molecule has 4 rings (SSSR count). The van der Waals surface area contributed by atoms with Gasteiger partial charge >= 0.3 is 0 Å². The second-order valence-corrected chi connectivity index (χ2v) is 8.15. The Morgan fingerprint density at radius 2 is 1.97 bits per heavy atom. The van der Waals surface area contributed by atoms with Gasteiger partial charge in [-0.15, -0.1) is 0 Å². The minimum atomic E-state index is -0.324. The van der Waals surface area contributed by atoms with Crippen LogP contribution in [0, 0.1) is 5.82 Å². The number of benzene rings is 2. The second kappa shape index (κ2) is 8.88. The highest BCUT2D eigenvalue weighted by atomic mass is 19.1. The highest BCUT2D eigenvalue weighted by Gasteiger charge is 2.22. The first kappa shape index (κ1) is 20.4. The topological polar surface area (TPSA) is 57.4 Å². The van der Waals surface area contributed by atoms with Gasteiger partial charge in [-0.1, -0.05) is 18.2 Å². The van der Waals surface area contributed by atoms with Crippen LogP contribution in [0.4, 0.5) is 4.39 Å². The Labute approximate surface area is 176 Å². The maximum atomic E-state index is 13.7. The number of aromatic nitrogens is 1. The van der Waals surface area contributed by atoms with E-state index in [-0.39, 0.29) is 24.4 Å². The van der Waals surface area contributed by atoms with Gasteiger partial charge in [0, 0.05) is 42.1 Å². The van der Waals surface area contributed by atoms with Crippen LogP contribution in [-0.2, 0) is 6.54 Å². The quantitative estimate of drug-likeness (QED) is 0.631. The first-order valence-electron chi connectivity index (χ1n) is 10.5. The summed E-state index contributed by atoms with van der Waals surface area (Å²) in [5, 5.41) is 3.68. The number of nitrogens with one attached hydrogen (secondary N) is 2. The van der Waals surface area contributed by atoms with Crippen LogP contribution in [0.2, 0.25) is 0 Å². The molecule has 0 atom stereocenters. The Morgan fingerprint density at radius 3 is 2.70 bits per heavy atom. The monoisotopic (exact) mass is 409 g/mol. The van der Waals surface area contributed by atoms with E-state index in [1.165, 1.54) is 6.07 Å². The zero-order chi connectivity index (χ0) is 21.1. The summed E-state index contributed by atoms with van der Waals surface area (Å²) in [6.45, 7) is 6.71. The van der Waals surface area contributed by atoms with Gasteiger partial charge in [-0.05, 0) is 57.0 Å². The van der Waals surface area contributed by atoms with E-state index in [9.17, 15) is 9.18 Å². The number of carbonyl (C=O) groups is 1. The van der Waals surface area contributed by atoms with Crippen molar-refractivity contribution >= 4 is 16.8 Å². The number of rotatable bonds is 6. The van der Waals surface area contributed by atoms with Crippen molar-refractivity contribution in [1.82, 2.24) is 15.2 Å². The molecule has 1 aliphatic heterocycles. The molecule has 1 fully saturated rings. The van der Waals surface area contributed by atoms with E-state index >= 15 is 0 Å². The number of H-pyrrole nitrogens is 1. The van der Waals surface area contributed by atoms with Gasteiger partial charge in [0.15, 0.2) is 0 Å². The molecule has 0 saturated carbocycles. The molecule has 0 unspecified atom stereocenters. The van der Waals surface area contributed by atoms with Crippen molar-refractivity contribution in [3.63, 3.8) is 0 Å². The van der Waals surface area contributed by atoms with E-state index in [0.29, 0.717) is 17.3 Å². The van der Waals surface area contributed by atoms with Crippen LogP contribution in [-0.4, -0.2) is 41.0 Å². The molecule has 1 saturated heterocycles. The van der Waals surface area contributed by atoms with Gasteiger partial charge in [0.05, 0.1) is 0 Å². The Hall–Kier alpha value is -2.86. The molecule has 158 valence electrons. The fourth-order valence-electron chi connectivity index (χ4n) is 3.92. The Bertz CT molecular complexity index is 1020. The van der Waals surface area contributed by atoms with Crippen LogP contribution in [0.3, 0.4) is 0 Å². The van der Waals surface area contributed by atoms with Crippen LogP contribution in [0.1, 0.15) is 42.7 Å². The van der Waals surface area contributed by atoms with Crippen LogP contribution in [0.25, 0.3) is 10.9 Å². The van der Waals surface area contributed by atoms with Crippen molar-refractivity contribution in [2.24, 2.45) is 0 Å². The molecule has 2 N–H and O–H groups in total. The molecule has 0 radical (unpaired) electrons. The smallest absolute Gasteiger partial charge is 0.267 e.